The van der Waals surface area contributed by atoms with Crippen LogP contribution >= 0.6 is 0 Å². The van der Waals surface area contributed by atoms with Gasteiger partial charge in [0.2, 0.25) is 0 Å². The van der Waals surface area contributed by atoms with E-state index < -0.39 is 23.6 Å². The molecule has 4 nitrogen and oxygen atoms in total. The molecular formula is C14H18O4. The lowest BCUT2D eigenvalue weighted by atomic mass is 9.86. The third kappa shape index (κ3) is 2.63. The molecule has 2 rings (SSSR count). The molecular weight excluding hydrogens is 232 g/mol. The second-order valence-electron chi connectivity index (χ2n) is 5.35. The molecule has 0 radical (unpaired) electrons. The average Bonchev–Trinajstić information content (AvgIpc) is 2.75. The summed E-state index contributed by atoms with van der Waals surface area (Å²) in [7, 11) is 0. The van der Waals surface area contributed by atoms with Crippen LogP contribution in [0.15, 0.2) is 24.3 Å². The monoisotopic (exact) mass is 250 g/mol. The number of carbonyl (C=O) groups is 2. The largest absolute Gasteiger partial charge is 0.422 e. The number of cyclic esters (lactones) is 2. The fourth-order valence-corrected chi connectivity index (χ4v) is 2.29. The molecule has 1 atom stereocenters. The highest BCUT2D eigenvalue weighted by Crippen LogP contribution is 2.31. The molecule has 2 aliphatic rings. The van der Waals surface area contributed by atoms with Crippen LogP contribution in [0.3, 0.4) is 0 Å². The van der Waals surface area contributed by atoms with Crippen LogP contribution in [-0.2, 0) is 19.1 Å². The summed E-state index contributed by atoms with van der Waals surface area (Å²) in [5.74, 6) is -2.41. The Morgan fingerprint density at radius 1 is 1.17 bits per heavy atom. The lowest BCUT2D eigenvalue weighted by molar-refractivity contribution is -0.240. The average molecular weight is 250 g/mol. The number of hydrogen-bond donors (Lipinski definition) is 0. The van der Waals surface area contributed by atoms with Crippen molar-refractivity contribution in [3.63, 3.8) is 0 Å². The minimum Gasteiger partial charge on any atom is -0.422 e. The van der Waals surface area contributed by atoms with Crippen LogP contribution < -0.4 is 0 Å². The van der Waals surface area contributed by atoms with Gasteiger partial charge in [0.1, 0.15) is 0 Å². The van der Waals surface area contributed by atoms with Crippen LogP contribution in [0.2, 0.25) is 0 Å². The summed E-state index contributed by atoms with van der Waals surface area (Å²) in [5, 5.41) is 0. The summed E-state index contributed by atoms with van der Waals surface area (Å²) < 4.78 is 10.2. The molecule has 0 aromatic heterocycles. The topological polar surface area (TPSA) is 52.6 Å². The molecule has 1 fully saturated rings. The van der Waals surface area contributed by atoms with Gasteiger partial charge in [0.25, 0.3) is 5.79 Å². The minimum absolute atomic E-state index is 0.200. The maximum atomic E-state index is 11.8. The Morgan fingerprint density at radius 3 is 2.17 bits per heavy atom. The summed E-state index contributed by atoms with van der Waals surface area (Å²) in [4.78, 5) is 23.6. The Kier molecular flexibility index (Phi) is 3.28. The van der Waals surface area contributed by atoms with Crippen molar-refractivity contribution in [2.24, 2.45) is 17.8 Å². The van der Waals surface area contributed by atoms with Crippen molar-refractivity contribution in [1.29, 1.82) is 0 Å². The Balaban J connectivity index is 2.01. The Morgan fingerprint density at radius 2 is 1.67 bits per heavy atom. The highest BCUT2D eigenvalue weighted by atomic mass is 16.7. The van der Waals surface area contributed by atoms with E-state index >= 15 is 0 Å². The van der Waals surface area contributed by atoms with Crippen molar-refractivity contribution in [2.75, 3.05) is 0 Å². The number of ether oxygens (including phenoxy) is 2. The summed E-state index contributed by atoms with van der Waals surface area (Å²) in [5.41, 5.74) is 0. The van der Waals surface area contributed by atoms with E-state index in [9.17, 15) is 9.59 Å². The molecule has 0 N–H and O–H groups in total. The molecule has 1 saturated heterocycles. The van der Waals surface area contributed by atoms with E-state index in [0.29, 0.717) is 6.42 Å². The SMILES string of the molecule is CC(CC1C(=O)OC(C)(C)OC1=O)C1C=CC=C1. The van der Waals surface area contributed by atoms with Gasteiger partial charge in [0.15, 0.2) is 5.92 Å². The third-order valence-electron chi connectivity index (χ3n) is 3.30. The Bertz CT molecular complexity index is 388. The van der Waals surface area contributed by atoms with Crippen molar-refractivity contribution >= 4 is 11.9 Å². The Labute approximate surface area is 107 Å². The summed E-state index contributed by atoms with van der Waals surface area (Å²) in [6.07, 6.45) is 8.53. The van der Waals surface area contributed by atoms with Gasteiger partial charge in [0.05, 0.1) is 0 Å². The number of rotatable bonds is 3. The minimum atomic E-state index is -1.14. The summed E-state index contributed by atoms with van der Waals surface area (Å²) in [6, 6.07) is 0. The maximum absolute atomic E-state index is 11.8. The summed E-state index contributed by atoms with van der Waals surface area (Å²) >= 11 is 0. The molecule has 0 aromatic carbocycles. The summed E-state index contributed by atoms with van der Waals surface area (Å²) in [6.45, 7) is 5.14. The van der Waals surface area contributed by atoms with Gasteiger partial charge in [-0.1, -0.05) is 31.2 Å². The van der Waals surface area contributed by atoms with Crippen LogP contribution in [0.5, 0.6) is 0 Å². The van der Waals surface area contributed by atoms with Gasteiger partial charge in [0, 0.05) is 13.8 Å². The number of hydrogen-bond acceptors (Lipinski definition) is 4. The first kappa shape index (κ1) is 12.9. The zero-order valence-corrected chi connectivity index (χ0v) is 10.9. The number of carbonyl (C=O) groups excluding carboxylic acids is 2. The fraction of sp³-hybridized carbons (Fsp3) is 0.571. The highest BCUT2D eigenvalue weighted by molar-refractivity contribution is 5.96. The first-order valence-electron chi connectivity index (χ1n) is 6.20. The molecule has 98 valence electrons. The van der Waals surface area contributed by atoms with Gasteiger partial charge in [-0.2, -0.15) is 0 Å². The van der Waals surface area contributed by atoms with E-state index in [-0.39, 0.29) is 11.8 Å². The third-order valence-corrected chi connectivity index (χ3v) is 3.30. The van der Waals surface area contributed by atoms with Crippen LogP contribution in [0, 0.1) is 17.8 Å². The second kappa shape index (κ2) is 4.59. The lowest BCUT2D eigenvalue weighted by Crippen LogP contribution is -2.46. The highest BCUT2D eigenvalue weighted by Gasteiger charge is 2.43. The van der Waals surface area contributed by atoms with E-state index in [1.54, 1.807) is 13.8 Å². The van der Waals surface area contributed by atoms with Gasteiger partial charge in [-0.05, 0) is 18.3 Å². The molecule has 1 aliphatic carbocycles. The molecule has 4 heteroatoms. The second-order valence-corrected chi connectivity index (χ2v) is 5.35. The number of esters is 2. The normalized spacial score (nSPS) is 25.1. The molecule has 0 spiro atoms. The molecule has 1 heterocycles. The van der Waals surface area contributed by atoms with Crippen LogP contribution in [0.1, 0.15) is 27.2 Å². The molecule has 18 heavy (non-hydrogen) atoms. The van der Waals surface area contributed by atoms with Gasteiger partial charge < -0.3 is 9.47 Å². The van der Waals surface area contributed by atoms with Gasteiger partial charge >= 0.3 is 11.9 Å². The number of allylic oxidation sites excluding steroid dienone is 4. The quantitative estimate of drug-likeness (QED) is 0.569. The lowest BCUT2D eigenvalue weighted by Gasteiger charge is -2.34. The first-order chi connectivity index (χ1) is 8.39. The van der Waals surface area contributed by atoms with E-state index in [0.717, 1.165) is 0 Å². The fourth-order valence-electron chi connectivity index (χ4n) is 2.29. The van der Waals surface area contributed by atoms with Gasteiger partial charge in [-0.3, -0.25) is 9.59 Å². The van der Waals surface area contributed by atoms with Crippen molar-refractivity contribution in [2.45, 2.75) is 33.0 Å². The van der Waals surface area contributed by atoms with Crippen LogP contribution in [-0.4, -0.2) is 17.7 Å². The molecule has 0 aromatic rings. The van der Waals surface area contributed by atoms with Crippen LogP contribution in [0.4, 0.5) is 0 Å². The van der Waals surface area contributed by atoms with Crippen molar-refractivity contribution in [1.82, 2.24) is 0 Å². The zero-order chi connectivity index (χ0) is 13.3. The predicted octanol–water partition coefficient (Wildman–Crippen LogP) is 2.21. The van der Waals surface area contributed by atoms with Gasteiger partial charge in [-0.25, -0.2) is 0 Å². The van der Waals surface area contributed by atoms with Gasteiger partial charge in [-0.15, -0.1) is 0 Å². The standard InChI is InChI=1S/C14H18O4/c1-9(10-6-4-5-7-10)8-11-12(15)17-14(2,3)18-13(11)16/h4-7,9-11H,8H2,1-3H3. The van der Waals surface area contributed by atoms with Crippen molar-refractivity contribution in [3.05, 3.63) is 24.3 Å². The molecule has 1 unspecified atom stereocenters. The molecule has 0 bridgehead atoms. The van der Waals surface area contributed by atoms with E-state index in [2.05, 4.69) is 12.2 Å². The first-order valence-corrected chi connectivity index (χ1v) is 6.20. The predicted molar refractivity (Wildman–Crippen MR) is 65.3 cm³/mol. The zero-order valence-electron chi connectivity index (χ0n) is 10.9. The van der Waals surface area contributed by atoms with E-state index in [1.165, 1.54) is 0 Å². The van der Waals surface area contributed by atoms with Crippen LogP contribution in [0.25, 0.3) is 0 Å². The van der Waals surface area contributed by atoms with E-state index in [4.69, 9.17) is 9.47 Å². The van der Waals surface area contributed by atoms with Crippen molar-refractivity contribution in [3.8, 4) is 0 Å². The smallest absolute Gasteiger partial charge is 0.323 e. The Hall–Kier alpha value is -1.58. The maximum Gasteiger partial charge on any atom is 0.323 e. The van der Waals surface area contributed by atoms with Crippen molar-refractivity contribution < 1.29 is 19.1 Å². The molecule has 1 aliphatic heterocycles. The molecule has 0 saturated carbocycles. The molecule has 0 amide bonds. The van der Waals surface area contributed by atoms with E-state index in [1.807, 2.05) is 19.1 Å².